The quantitative estimate of drug-likeness (QED) is 0.245. The fraction of sp³-hybridized carbons (Fsp3) is 0.632. The Balaban J connectivity index is 4.35. The molecule has 0 aliphatic rings. The monoisotopic (exact) mass is 368 g/mol. The Kier molecular flexibility index (Phi) is 12.9. The van der Waals surface area contributed by atoms with Crippen LogP contribution in [0.15, 0.2) is 25.3 Å². The van der Waals surface area contributed by atoms with Gasteiger partial charge in [-0.25, -0.2) is 0 Å². The molecule has 148 valence electrons. The van der Waals surface area contributed by atoms with Gasteiger partial charge in [-0.2, -0.15) is 0 Å². The van der Waals surface area contributed by atoms with Crippen LogP contribution < -0.4 is 10.6 Å². The van der Waals surface area contributed by atoms with E-state index in [0.29, 0.717) is 19.3 Å². The van der Waals surface area contributed by atoms with E-state index in [0.717, 1.165) is 6.42 Å². The van der Waals surface area contributed by atoms with E-state index in [2.05, 4.69) is 23.8 Å². The first-order valence-electron chi connectivity index (χ1n) is 8.93. The third kappa shape index (κ3) is 11.4. The topological polar surface area (TPSA) is 105 Å². The van der Waals surface area contributed by atoms with Crippen molar-refractivity contribution in [2.75, 3.05) is 13.2 Å². The Morgan fingerprint density at radius 2 is 1.88 bits per heavy atom. The lowest BCUT2D eigenvalue weighted by Gasteiger charge is -2.19. The van der Waals surface area contributed by atoms with Crippen LogP contribution in [0.2, 0.25) is 0 Å². The zero-order valence-electron chi connectivity index (χ0n) is 15.8. The number of unbranched alkanes of at least 4 members (excludes halogenated alkanes) is 1. The summed E-state index contributed by atoms with van der Waals surface area (Å²) in [5.74, 6) is -1.48. The Bertz CT molecular complexity index is 479. The van der Waals surface area contributed by atoms with Crippen molar-refractivity contribution in [3.63, 3.8) is 0 Å². The first-order valence-corrected chi connectivity index (χ1v) is 8.93. The van der Waals surface area contributed by atoms with Crippen molar-refractivity contribution in [1.29, 1.82) is 0 Å². The molecule has 0 aromatic rings. The molecule has 3 atom stereocenters. The fourth-order valence-electron chi connectivity index (χ4n) is 2.19. The number of hydrogen-bond donors (Lipinski definition) is 3. The number of aliphatic hydroxyl groups excluding tert-OH is 1. The molecule has 7 nitrogen and oxygen atoms in total. The summed E-state index contributed by atoms with van der Waals surface area (Å²) in [6, 6.07) is -0.365. The van der Waals surface area contributed by atoms with Crippen molar-refractivity contribution >= 4 is 17.8 Å². The summed E-state index contributed by atoms with van der Waals surface area (Å²) in [5, 5.41) is 14.3. The number of hydrogen-bond acceptors (Lipinski definition) is 5. The highest BCUT2D eigenvalue weighted by molar-refractivity contribution is 5.86. The largest absolute Gasteiger partial charge is 0.461 e. The van der Waals surface area contributed by atoms with Crippen LogP contribution >= 0.6 is 0 Å². The molecular weight excluding hydrogens is 336 g/mol. The molecular formula is C19H32N2O5. The van der Waals surface area contributed by atoms with Gasteiger partial charge in [0.1, 0.15) is 6.10 Å². The summed E-state index contributed by atoms with van der Waals surface area (Å²) in [7, 11) is 0. The second-order valence-corrected chi connectivity index (χ2v) is 6.30. The normalized spacial score (nSPS) is 13.8. The third-order valence-corrected chi connectivity index (χ3v) is 3.62. The molecule has 0 aromatic carbocycles. The minimum absolute atomic E-state index is 0.00207. The minimum atomic E-state index is -0.561. The maximum atomic E-state index is 12.3. The molecule has 0 rings (SSSR count). The van der Waals surface area contributed by atoms with Crippen LogP contribution in [-0.2, 0) is 19.1 Å². The summed E-state index contributed by atoms with van der Waals surface area (Å²) in [6.45, 7) is 10.6. The van der Waals surface area contributed by atoms with Crippen LogP contribution in [0, 0.1) is 5.92 Å². The lowest BCUT2D eigenvalue weighted by molar-refractivity contribution is -0.148. The molecule has 0 aliphatic heterocycles. The van der Waals surface area contributed by atoms with Crippen LogP contribution in [0.3, 0.4) is 0 Å². The zero-order chi connectivity index (χ0) is 19.9. The average molecular weight is 368 g/mol. The van der Waals surface area contributed by atoms with E-state index in [1.165, 1.54) is 0 Å². The van der Waals surface area contributed by atoms with Gasteiger partial charge < -0.3 is 20.5 Å². The van der Waals surface area contributed by atoms with E-state index in [1.807, 2.05) is 0 Å². The number of rotatable bonds is 14. The van der Waals surface area contributed by atoms with Gasteiger partial charge in [-0.15, -0.1) is 13.2 Å². The highest BCUT2D eigenvalue weighted by Gasteiger charge is 2.22. The summed E-state index contributed by atoms with van der Waals surface area (Å²) in [6.07, 6.45) is 4.96. The molecule has 0 heterocycles. The molecule has 0 saturated carbocycles. The summed E-state index contributed by atoms with van der Waals surface area (Å²) in [4.78, 5) is 35.8. The van der Waals surface area contributed by atoms with Crippen LogP contribution in [0.1, 0.15) is 46.0 Å². The number of allylic oxidation sites excluding steroid dienone is 2. The molecule has 0 saturated heterocycles. The first kappa shape index (κ1) is 23.9. The van der Waals surface area contributed by atoms with Gasteiger partial charge >= 0.3 is 5.97 Å². The summed E-state index contributed by atoms with van der Waals surface area (Å²) >= 11 is 0. The molecule has 0 aromatic heterocycles. The summed E-state index contributed by atoms with van der Waals surface area (Å²) < 4.78 is 5.22. The SMILES string of the molecule is C=CCCCC(=O)O[C@@H](C)CNC(=O)[C@H](CC=C)CC(=O)N[C@H](C)CO. The number of ether oxygens (including phenoxy) is 1. The van der Waals surface area contributed by atoms with Crippen molar-refractivity contribution in [3.05, 3.63) is 25.3 Å². The average Bonchev–Trinajstić information content (AvgIpc) is 2.59. The maximum Gasteiger partial charge on any atom is 0.306 e. The standard InChI is InChI=1S/C19H32N2O5/c1-5-7-8-10-18(24)26-15(4)12-20-19(25)16(9-6-2)11-17(23)21-14(3)13-22/h5-6,14-16,22H,1-2,7-13H2,3-4H3,(H,20,25)(H,21,23)/t14-,15+,16-/m1/s1. The van der Waals surface area contributed by atoms with Gasteiger partial charge in [0.15, 0.2) is 0 Å². The van der Waals surface area contributed by atoms with Crippen LogP contribution in [0.5, 0.6) is 0 Å². The van der Waals surface area contributed by atoms with Crippen LogP contribution in [0.25, 0.3) is 0 Å². The molecule has 26 heavy (non-hydrogen) atoms. The highest BCUT2D eigenvalue weighted by Crippen LogP contribution is 2.10. The minimum Gasteiger partial charge on any atom is -0.461 e. The molecule has 3 N–H and O–H groups in total. The van der Waals surface area contributed by atoms with Crippen LogP contribution in [-0.4, -0.2) is 48.2 Å². The Morgan fingerprint density at radius 1 is 1.19 bits per heavy atom. The molecule has 0 aliphatic carbocycles. The molecule has 0 unspecified atom stereocenters. The Hall–Kier alpha value is -2.15. The highest BCUT2D eigenvalue weighted by atomic mass is 16.5. The first-order chi connectivity index (χ1) is 12.3. The van der Waals surface area contributed by atoms with E-state index in [-0.39, 0.29) is 43.4 Å². The summed E-state index contributed by atoms with van der Waals surface area (Å²) in [5.41, 5.74) is 0. The molecule has 7 heteroatoms. The maximum absolute atomic E-state index is 12.3. The predicted octanol–water partition coefficient (Wildman–Crippen LogP) is 1.47. The number of nitrogens with one attached hydrogen (secondary N) is 2. The smallest absolute Gasteiger partial charge is 0.306 e. The molecule has 0 bridgehead atoms. The van der Waals surface area contributed by atoms with Crippen molar-refractivity contribution in [2.45, 2.75) is 58.1 Å². The lowest BCUT2D eigenvalue weighted by atomic mass is 9.99. The van der Waals surface area contributed by atoms with Gasteiger partial charge in [-0.3, -0.25) is 14.4 Å². The van der Waals surface area contributed by atoms with E-state index < -0.39 is 12.0 Å². The van der Waals surface area contributed by atoms with Crippen LogP contribution in [0.4, 0.5) is 0 Å². The Labute approximate surface area is 155 Å². The Morgan fingerprint density at radius 3 is 2.46 bits per heavy atom. The second kappa shape index (κ2) is 14.1. The van der Waals surface area contributed by atoms with Gasteiger partial charge in [0, 0.05) is 18.9 Å². The fourth-order valence-corrected chi connectivity index (χ4v) is 2.19. The molecule has 0 fully saturated rings. The van der Waals surface area contributed by atoms with E-state index in [1.54, 1.807) is 26.0 Å². The van der Waals surface area contributed by atoms with Gasteiger partial charge in [-0.05, 0) is 33.1 Å². The van der Waals surface area contributed by atoms with Gasteiger partial charge in [0.05, 0.1) is 19.1 Å². The molecule has 0 radical (unpaired) electrons. The van der Waals surface area contributed by atoms with E-state index in [9.17, 15) is 14.4 Å². The van der Waals surface area contributed by atoms with Gasteiger partial charge in [0.2, 0.25) is 11.8 Å². The number of carbonyl (C=O) groups excluding carboxylic acids is 3. The number of carbonyl (C=O) groups is 3. The van der Waals surface area contributed by atoms with E-state index >= 15 is 0 Å². The number of esters is 1. The number of aliphatic hydroxyl groups is 1. The van der Waals surface area contributed by atoms with E-state index in [4.69, 9.17) is 9.84 Å². The van der Waals surface area contributed by atoms with Crippen molar-refractivity contribution in [2.24, 2.45) is 5.92 Å². The molecule has 0 spiro atoms. The molecule has 2 amide bonds. The number of amides is 2. The van der Waals surface area contributed by atoms with Crippen molar-refractivity contribution in [3.8, 4) is 0 Å². The van der Waals surface area contributed by atoms with Crippen molar-refractivity contribution in [1.82, 2.24) is 10.6 Å². The predicted molar refractivity (Wildman–Crippen MR) is 100 cm³/mol. The second-order valence-electron chi connectivity index (χ2n) is 6.30. The third-order valence-electron chi connectivity index (χ3n) is 3.62. The lowest BCUT2D eigenvalue weighted by Crippen LogP contribution is -2.41. The van der Waals surface area contributed by atoms with Gasteiger partial charge in [-0.1, -0.05) is 12.2 Å². The van der Waals surface area contributed by atoms with Gasteiger partial charge in [0.25, 0.3) is 0 Å². The zero-order valence-corrected chi connectivity index (χ0v) is 15.8. The van der Waals surface area contributed by atoms with Crippen molar-refractivity contribution < 1.29 is 24.2 Å².